The molecule has 0 aliphatic carbocycles. The first-order valence-electron chi connectivity index (χ1n) is 12.7. The highest BCUT2D eigenvalue weighted by Gasteiger charge is 2.20. The van der Waals surface area contributed by atoms with E-state index in [1.807, 2.05) is 104 Å². The minimum Gasteiger partial charge on any atom is -0.377 e. The lowest BCUT2D eigenvalue weighted by Crippen LogP contribution is -2.12. The zero-order valence-corrected chi connectivity index (χ0v) is 22.2. The third-order valence-electron chi connectivity index (χ3n) is 7.00. The van der Waals surface area contributed by atoms with Gasteiger partial charge in [-0.15, -0.1) is 0 Å². The van der Waals surface area contributed by atoms with Crippen LogP contribution in [0, 0.1) is 0 Å². The van der Waals surface area contributed by atoms with Gasteiger partial charge in [0.2, 0.25) is 0 Å². The number of imidazole rings is 1. The highest BCUT2D eigenvalue weighted by atomic mass is 32.2. The van der Waals surface area contributed by atoms with Gasteiger partial charge in [-0.3, -0.25) is 4.98 Å². The molecule has 38 heavy (non-hydrogen) atoms. The molecule has 0 unspecified atom stereocenters. The van der Waals surface area contributed by atoms with E-state index in [4.69, 9.17) is 4.98 Å². The number of nitrogens with zero attached hydrogens (tertiary/aromatic N) is 4. The third-order valence-corrected chi connectivity index (χ3v) is 8.85. The molecule has 190 valence electrons. The monoisotopic (exact) mass is 520 g/mol. The van der Waals surface area contributed by atoms with E-state index in [1.165, 1.54) is 0 Å². The number of fused-ring (bicyclic) bond motifs is 3. The Hall–Kier alpha value is -4.23. The van der Waals surface area contributed by atoms with Gasteiger partial charge in [0.05, 0.1) is 27.2 Å². The first-order chi connectivity index (χ1) is 18.4. The number of hydrogen-bond acceptors (Lipinski definition) is 5. The fourth-order valence-corrected chi connectivity index (χ4v) is 6.77. The van der Waals surface area contributed by atoms with Crippen molar-refractivity contribution in [1.29, 1.82) is 0 Å². The minimum atomic E-state index is -3.51. The predicted octanol–water partition coefficient (Wildman–Crippen LogP) is 6.33. The quantitative estimate of drug-likeness (QED) is 0.246. The summed E-state index contributed by atoms with van der Waals surface area (Å²) in [5.74, 6) is 0.839. The van der Waals surface area contributed by atoms with Crippen LogP contribution < -0.4 is 4.90 Å². The lowest BCUT2D eigenvalue weighted by molar-refractivity contribution is 0.589. The molecule has 0 radical (unpaired) electrons. The number of anilines is 1. The SMILES string of the molecule is CN(C)c1cccc2c(S(=O)(=O)CCCn3c(-c4cccc5cccnc45)nc4ccccc43)cccc12. The molecule has 0 bridgehead atoms. The molecule has 0 N–H and O–H groups in total. The molecule has 0 atom stereocenters. The van der Waals surface area contributed by atoms with Crippen molar-refractivity contribution in [2.24, 2.45) is 0 Å². The van der Waals surface area contributed by atoms with Crippen LogP contribution in [0.25, 0.3) is 44.1 Å². The number of benzene rings is 4. The van der Waals surface area contributed by atoms with Crippen molar-refractivity contribution in [3.05, 3.63) is 97.2 Å². The molecule has 4 aromatic carbocycles. The van der Waals surface area contributed by atoms with Crippen LogP contribution in [0.4, 0.5) is 5.69 Å². The molecule has 6 rings (SSSR count). The van der Waals surface area contributed by atoms with Crippen molar-refractivity contribution in [3.8, 4) is 11.4 Å². The largest absolute Gasteiger partial charge is 0.377 e. The van der Waals surface area contributed by atoms with E-state index >= 15 is 0 Å². The van der Waals surface area contributed by atoms with E-state index in [0.29, 0.717) is 17.9 Å². The van der Waals surface area contributed by atoms with Crippen LogP contribution in [0.1, 0.15) is 6.42 Å². The lowest BCUT2D eigenvalue weighted by Gasteiger charge is -2.17. The summed E-state index contributed by atoms with van der Waals surface area (Å²) < 4.78 is 29.3. The first-order valence-corrected chi connectivity index (χ1v) is 14.3. The van der Waals surface area contributed by atoms with Gasteiger partial charge < -0.3 is 9.47 Å². The normalized spacial score (nSPS) is 11.9. The molecule has 2 heterocycles. The van der Waals surface area contributed by atoms with Crippen LogP contribution in [0.3, 0.4) is 0 Å². The minimum absolute atomic E-state index is 0.0397. The molecule has 2 aromatic heterocycles. The Bertz CT molecular complexity index is 1900. The molecule has 0 fully saturated rings. The maximum absolute atomic E-state index is 13.6. The van der Waals surface area contributed by atoms with E-state index in [-0.39, 0.29) is 5.75 Å². The summed E-state index contributed by atoms with van der Waals surface area (Å²) in [6.45, 7) is 0.520. The summed E-state index contributed by atoms with van der Waals surface area (Å²) in [6, 6.07) is 29.4. The molecular formula is C31H28N4O2S. The fraction of sp³-hybridized carbons (Fsp3) is 0.161. The van der Waals surface area contributed by atoms with Crippen LogP contribution >= 0.6 is 0 Å². The Kier molecular flexibility index (Phi) is 6.08. The molecule has 6 aromatic rings. The van der Waals surface area contributed by atoms with E-state index in [1.54, 1.807) is 12.3 Å². The van der Waals surface area contributed by atoms with Gasteiger partial charge in [-0.2, -0.15) is 0 Å². The molecular weight excluding hydrogens is 492 g/mol. The fourth-order valence-electron chi connectivity index (χ4n) is 5.24. The van der Waals surface area contributed by atoms with E-state index < -0.39 is 9.84 Å². The maximum Gasteiger partial charge on any atom is 0.179 e. The Balaban J connectivity index is 1.36. The standard InChI is InChI=1S/C31H28N4O2S/c1-34(2)27-17-6-13-24-23(27)12-7-18-29(24)38(36,37)21-9-20-35-28-16-4-3-15-26(28)33-31(35)25-14-5-10-22-11-8-19-32-30(22)25/h3-8,10-19H,9,20-21H2,1-2H3. The smallest absolute Gasteiger partial charge is 0.179 e. The lowest BCUT2D eigenvalue weighted by atomic mass is 10.1. The van der Waals surface area contributed by atoms with Gasteiger partial charge in [-0.05, 0) is 42.8 Å². The number of aromatic nitrogens is 3. The average molecular weight is 521 g/mol. The number of rotatable bonds is 7. The summed E-state index contributed by atoms with van der Waals surface area (Å²) in [7, 11) is 0.421. The highest BCUT2D eigenvalue weighted by Crippen LogP contribution is 2.32. The molecule has 7 heteroatoms. The Morgan fingerprint density at radius 1 is 0.816 bits per heavy atom. The van der Waals surface area contributed by atoms with Crippen LogP contribution in [0.15, 0.2) is 102 Å². The van der Waals surface area contributed by atoms with Gasteiger partial charge in [-0.25, -0.2) is 13.4 Å². The number of para-hydroxylation sites is 3. The summed E-state index contributed by atoms with van der Waals surface area (Å²) in [5, 5.41) is 2.73. The zero-order chi connectivity index (χ0) is 26.3. The molecule has 0 amide bonds. The van der Waals surface area contributed by atoms with Crippen LogP contribution in [0.5, 0.6) is 0 Å². The zero-order valence-electron chi connectivity index (χ0n) is 21.4. The van der Waals surface area contributed by atoms with Crippen LogP contribution in [0.2, 0.25) is 0 Å². The topological polar surface area (TPSA) is 68.1 Å². The molecule has 6 nitrogen and oxygen atoms in total. The average Bonchev–Trinajstić information content (AvgIpc) is 3.30. The van der Waals surface area contributed by atoms with Crippen molar-refractivity contribution in [3.63, 3.8) is 0 Å². The van der Waals surface area contributed by atoms with Gasteiger partial charge in [0.1, 0.15) is 5.82 Å². The van der Waals surface area contributed by atoms with E-state index in [0.717, 1.165) is 49.8 Å². The highest BCUT2D eigenvalue weighted by molar-refractivity contribution is 7.91. The van der Waals surface area contributed by atoms with Gasteiger partial charge in [0.25, 0.3) is 0 Å². The Morgan fingerprint density at radius 3 is 2.45 bits per heavy atom. The second kappa shape index (κ2) is 9.58. The van der Waals surface area contributed by atoms with E-state index in [2.05, 4.69) is 9.55 Å². The summed E-state index contributed by atoms with van der Waals surface area (Å²) in [6.07, 6.45) is 2.24. The number of hydrogen-bond donors (Lipinski definition) is 0. The molecule has 0 saturated carbocycles. The van der Waals surface area contributed by atoms with Gasteiger partial charge in [0, 0.05) is 54.2 Å². The van der Waals surface area contributed by atoms with Gasteiger partial charge >= 0.3 is 0 Å². The Labute approximate surface area is 222 Å². The number of aryl methyl sites for hydroxylation is 1. The summed E-state index contributed by atoms with van der Waals surface area (Å²) >= 11 is 0. The second-order valence-electron chi connectivity index (χ2n) is 9.65. The van der Waals surface area contributed by atoms with Gasteiger partial charge in [-0.1, -0.05) is 54.6 Å². The van der Waals surface area contributed by atoms with Crippen molar-refractivity contribution in [2.75, 3.05) is 24.7 Å². The number of sulfone groups is 1. The first kappa shape index (κ1) is 24.1. The van der Waals surface area contributed by atoms with Crippen LogP contribution in [-0.4, -0.2) is 42.8 Å². The summed E-state index contributed by atoms with van der Waals surface area (Å²) in [4.78, 5) is 12.0. The molecule has 0 saturated heterocycles. The molecule has 0 aliphatic rings. The van der Waals surface area contributed by atoms with Crippen LogP contribution in [-0.2, 0) is 16.4 Å². The van der Waals surface area contributed by atoms with Crippen molar-refractivity contribution in [2.45, 2.75) is 17.9 Å². The number of pyridine rings is 1. The second-order valence-corrected chi connectivity index (χ2v) is 11.7. The predicted molar refractivity (Wildman–Crippen MR) is 155 cm³/mol. The molecule has 0 aliphatic heterocycles. The van der Waals surface area contributed by atoms with Crippen molar-refractivity contribution < 1.29 is 8.42 Å². The molecule has 0 spiro atoms. The summed E-state index contributed by atoms with van der Waals surface area (Å²) in [5.41, 5.74) is 4.68. The maximum atomic E-state index is 13.6. The van der Waals surface area contributed by atoms with E-state index in [9.17, 15) is 8.42 Å². The van der Waals surface area contributed by atoms with Gasteiger partial charge in [0.15, 0.2) is 9.84 Å². The third kappa shape index (κ3) is 4.19. The Morgan fingerprint density at radius 2 is 1.58 bits per heavy atom. The van der Waals surface area contributed by atoms with Crippen molar-refractivity contribution >= 4 is 48.2 Å². The van der Waals surface area contributed by atoms with Crippen molar-refractivity contribution in [1.82, 2.24) is 14.5 Å².